The van der Waals surface area contributed by atoms with Crippen LogP contribution in [0.1, 0.15) is 36.8 Å². The minimum Gasteiger partial charge on any atom is -0.481 e. The second kappa shape index (κ2) is 3.83. The molecule has 94 valence electrons. The van der Waals surface area contributed by atoms with E-state index >= 15 is 0 Å². The molecular weight excluding hydrogens is 230 g/mol. The van der Waals surface area contributed by atoms with E-state index in [0.29, 0.717) is 25.7 Å². The zero-order valence-electron chi connectivity index (χ0n) is 10.0. The molecule has 0 radical (unpaired) electrons. The van der Waals surface area contributed by atoms with Crippen molar-refractivity contribution in [1.82, 2.24) is 0 Å². The van der Waals surface area contributed by atoms with E-state index in [-0.39, 0.29) is 5.91 Å². The van der Waals surface area contributed by atoms with Gasteiger partial charge < -0.3 is 10.4 Å². The second-order valence-corrected chi connectivity index (χ2v) is 5.16. The Morgan fingerprint density at radius 1 is 1.28 bits per heavy atom. The van der Waals surface area contributed by atoms with E-state index in [0.717, 1.165) is 23.2 Å². The number of nitrogens with one attached hydrogen (secondary N) is 1. The molecule has 1 aromatic rings. The Hall–Kier alpha value is -1.84. The first-order valence-electron chi connectivity index (χ1n) is 6.28. The zero-order valence-corrected chi connectivity index (χ0v) is 10.0. The van der Waals surface area contributed by atoms with Gasteiger partial charge in [0.25, 0.3) is 0 Å². The summed E-state index contributed by atoms with van der Waals surface area (Å²) in [6, 6.07) is 5.64. The highest BCUT2D eigenvalue weighted by molar-refractivity contribution is 5.94. The van der Waals surface area contributed by atoms with Crippen molar-refractivity contribution in [2.75, 3.05) is 5.32 Å². The molecule has 0 spiro atoms. The second-order valence-electron chi connectivity index (χ2n) is 5.16. The van der Waals surface area contributed by atoms with Crippen LogP contribution < -0.4 is 5.32 Å². The van der Waals surface area contributed by atoms with Crippen LogP contribution in [0.3, 0.4) is 0 Å². The van der Waals surface area contributed by atoms with Gasteiger partial charge in [-0.25, -0.2) is 0 Å². The monoisotopic (exact) mass is 245 g/mol. The molecule has 4 nitrogen and oxygen atoms in total. The van der Waals surface area contributed by atoms with Gasteiger partial charge in [0.1, 0.15) is 0 Å². The number of aliphatic carboxylic acids is 1. The molecule has 1 aromatic carbocycles. The molecule has 0 unspecified atom stereocenters. The first-order chi connectivity index (χ1) is 8.62. The van der Waals surface area contributed by atoms with E-state index < -0.39 is 11.4 Å². The van der Waals surface area contributed by atoms with Gasteiger partial charge in [-0.1, -0.05) is 18.6 Å². The highest BCUT2D eigenvalue weighted by Crippen LogP contribution is 2.45. The van der Waals surface area contributed by atoms with Crippen LogP contribution in [0.5, 0.6) is 0 Å². The number of fused-ring (bicyclic) bond motifs is 1. The summed E-state index contributed by atoms with van der Waals surface area (Å²) < 4.78 is 0. The van der Waals surface area contributed by atoms with Crippen molar-refractivity contribution >= 4 is 17.6 Å². The van der Waals surface area contributed by atoms with Gasteiger partial charge in [-0.2, -0.15) is 0 Å². The molecule has 1 aliphatic heterocycles. The fraction of sp³-hybridized carbons (Fsp3) is 0.429. The van der Waals surface area contributed by atoms with Crippen LogP contribution in [0.15, 0.2) is 18.2 Å². The topological polar surface area (TPSA) is 66.4 Å². The minimum atomic E-state index is -0.728. The SMILES string of the molecule is O=C1CCc2cc(C3(C(=O)O)CCC3)ccc2N1. The van der Waals surface area contributed by atoms with Crippen LogP contribution in [0.2, 0.25) is 0 Å². The number of carbonyl (C=O) groups excluding carboxylic acids is 1. The summed E-state index contributed by atoms with van der Waals surface area (Å²) in [6.07, 6.45) is 3.59. The molecule has 1 saturated carbocycles. The van der Waals surface area contributed by atoms with E-state index in [9.17, 15) is 14.7 Å². The summed E-state index contributed by atoms with van der Waals surface area (Å²) in [4.78, 5) is 22.7. The Labute approximate surface area is 105 Å². The first-order valence-corrected chi connectivity index (χ1v) is 6.28. The maximum Gasteiger partial charge on any atom is 0.314 e. The lowest BCUT2D eigenvalue weighted by atomic mass is 9.64. The van der Waals surface area contributed by atoms with Crippen LogP contribution in [-0.2, 0) is 21.4 Å². The molecule has 4 heteroatoms. The number of carboxylic acids is 1. The van der Waals surface area contributed by atoms with Crippen molar-refractivity contribution in [3.8, 4) is 0 Å². The summed E-state index contributed by atoms with van der Waals surface area (Å²) >= 11 is 0. The summed E-state index contributed by atoms with van der Waals surface area (Å²) in [7, 11) is 0. The number of carboxylic acid groups (broad SMARTS) is 1. The van der Waals surface area contributed by atoms with Crippen LogP contribution in [0.4, 0.5) is 5.69 Å². The summed E-state index contributed by atoms with van der Waals surface area (Å²) in [5.41, 5.74) is 2.09. The molecule has 2 aliphatic rings. The van der Waals surface area contributed by atoms with Crippen LogP contribution in [0, 0.1) is 0 Å². The first kappa shape index (κ1) is 11.3. The van der Waals surface area contributed by atoms with E-state index in [1.807, 2.05) is 18.2 Å². The van der Waals surface area contributed by atoms with Crippen molar-refractivity contribution in [1.29, 1.82) is 0 Å². The average molecular weight is 245 g/mol. The third-order valence-corrected chi connectivity index (χ3v) is 4.17. The van der Waals surface area contributed by atoms with E-state index in [1.54, 1.807) is 0 Å². The largest absolute Gasteiger partial charge is 0.481 e. The van der Waals surface area contributed by atoms with Gasteiger partial charge in [-0.15, -0.1) is 0 Å². The molecule has 1 amide bonds. The molecule has 1 heterocycles. The molecule has 0 aromatic heterocycles. The summed E-state index contributed by atoms with van der Waals surface area (Å²) in [5.74, 6) is -0.694. The molecule has 1 fully saturated rings. The molecule has 2 N–H and O–H groups in total. The number of hydrogen-bond donors (Lipinski definition) is 2. The Balaban J connectivity index is 2.00. The lowest BCUT2D eigenvalue weighted by Gasteiger charge is -2.38. The van der Waals surface area contributed by atoms with Crippen molar-refractivity contribution in [3.05, 3.63) is 29.3 Å². The average Bonchev–Trinajstić information content (AvgIpc) is 2.27. The molecule has 18 heavy (non-hydrogen) atoms. The standard InChI is InChI=1S/C14H15NO3/c16-12-5-2-9-8-10(3-4-11(9)15-12)14(13(17)18)6-1-7-14/h3-4,8H,1-2,5-7H2,(H,15,16)(H,17,18). The Morgan fingerprint density at radius 3 is 2.67 bits per heavy atom. The van der Waals surface area contributed by atoms with E-state index in [4.69, 9.17) is 0 Å². The number of anilines is 1. The van der Waals surface area contributed by atoms with Gasteiger partial charge in [-0.3, -0.25) is 9.59 Å². The molecular formula is C14H15NO3. The van der Waals surface area contributed by atoms with Crippen molar-refractivity contribution in [2.45, 2.75) is 37.5 Å². The van der Waals surface area contributed by atoms with Crippen LogP contribution >= 0.6 is 0 Å². The molecule has 0 bridgehead atoms. The smallest absolute Gasteiger partial charge is 0.314 e. The Bertz CT molecular complexity index is 532. The maximum atomic E-state index is 11.5. The number of amides is 1. The molecule has 3 rings (SSSR count). The number of rotatable bonds is 2. The number of hydrogen-bond acceptors (Lipinski definition) is 2. The van der Waals surface area contributed by atoms with Crippen LogP contribution in [-0.4, -0.2) is 17.0 Å². The van der Waals surface area contributed by atoms with Gasteiger partial charge in [0, 0.05) is 12.1 Å². The molecule has 0 saturated heterocycles. The number of aryl methyl sites for hydroxylation is 1. The van der Waals surface area contributed by atoms with Crippen LogP contribution in [0.25, 0.3) is 0 Å². The normalized spacial score (nSPS) is 20.6. The van der Waals surface area contributed by atoms with Gasteiger partial charge in [-0.05, 0) is 36.5 Å². The van der Waals surface area contributed by atoms with Crippen molar-refractivity contribution in [3.63, 3.8) is 0 Å². The Morgan fingerprint density at radius 2 is 2.06 bits per heavy atom. The van der Waals surface area contributed by atoms with E-state index in [1.165, 1.54) is 0 Å². The van der Waals surface area contributed by atoms with Gasteiger partial charge >= 0.3 is 5.97 Å². The predicted octanol–water partition coefficient (Wildman–Crippen LogP) is 2.08. The third-order valence-electron chi connectivity index (χ3n) is 4.17. The highest BCUT2D eigenvalue weighted by Gasteiger charge is 2.46. The lowest BCUT2D eigenvalue weighted by molar-refractivity contribution is -0.147. The zero-order chi connectivity index (χ0) is 12.8. The lowest BCUT2D eigenvalue weighted by Crippen LogP contribution is -2.42. The fourth-order valence-electron chi connectivity index (χ4n) is 2.84. The quantitative estimate of drug-likeness (QED) is 0.838. The van der Waals surface area contributed by atoms with Gasteiger partial charge in [0.15, 0.2) is 0 Å². The van der Waals surface area contributed by atoms with Crippen molar-refractivity contribution < 1.29 is 14.7 Å². The molecule has 0 atom stereocenters. The highest BCUT2D eigenvalue weighted by atomic mass is 16.4. The van der Waals surface area contributed by atoms with E-state index in [2.05, 4.69) is 5.32 Å². The fourth-order valence-corrected chi connectivity index (χ4v) is 2.84. The summed E-state index contributed by atoms with van der Waals surface area (Å²) in [5, 5.41) is 12.2. The van der Waals surface area contributed by atoms with Gasteiger partial charge in [0.05, 0.1) is 5.41 Å². The Kier molecular flexibility index (Phi) is 2.40. The number of benzene rings is 1. The summed E-state index contributed by atoms with van der Waals surface area (Å²) in [6.45, 7) is 0. The predicted molar refractivity (Wildman–Crippen MR) is 66.6 cm³/mol. The van der Waals surface area contributed by atoms with Crippen molar-refractivity contribution in [2.24, 2.45) is 0 Å². The maximum absolute atomic E-state index is 11.5. The molecule has 1 aliphatic carbocycles. The third kappa shape index (κ3) is 1.52. The van der Waals surface area contributed by atoms with Gasteiger partial charge in [0.2, 0.25) is 5.91 Å². The number of carbonyl (C=O) groups is 2. The minimum absolute atomic E-state index is 0.0341.